The molecule has 0 aromatic rings. The van der Waals surface area contributed by atoms with Crippen molar-refractivity contribution in [2.24, 2.45) is 0 Å². The van der Waals surface area contributed by atoms with E-state index in [1.807, 2.05) is 0 Å². The van der Waals surface area contributed by atoms with Crippen LogP contribution in [-0.2, 0) is 9.47 Å². The van der Waals surface area contributed by atoms with Crippen LogP contribution in [0.4, 0.5) is 0 Å². The van der Waals surface area contributed by atoms with Gasteiger partial charge in [0.2, 0.25) is 0 Å². The van der Waals surface area contributed by atoms with Gasteiger partial charge in [-0.3, -0.25) is 0 Å². The number of allylic oxidation sites excluding steroid dienone is 1. The Kier molecular flexibility index (Phi) is 3.30. The summed E-state index contributed by atoms with van der Waals surface area (Å²) in [6.07, 6.45) is 6.46. The Morgan fingerprint density at radius 3 is 2.90 bits per heavy atom. The van der Waals surface area contributed by atoms with Crippen molar-refractivity contribution in [3.8, 4) is 0 Å². The average molecular weight is 142 g/mol. The van der Waals surface area contributed by atoms with Crippen molar-refractivity contribution in [3.05, 3.63) is 12.3 Å². The van der Waals surface area contributed by atoms with Crippen molar-refractivity contribution < 1.29 is 9.47 Å². The van der Waals surface area contributed by atoms with Crippen LogP contribution in [0, 0.1) is 0 Å². The monoisotopic (exact) mass is 142 g/mol. The summed E-state index contributed by atoms with van der Waals surface area (Å²) in [5, 5.41) is 0. The van der Waals surface area contributed by atoms with E-state index >= 15 is 0 Å². The second-order valence-corrected chi connectivity index (χ2v) is 2.46. The fraction of sp³-hybridized carbons (Fsp3) is 0.750. The summed E-state index contributed by atoms with van der Waals surface area (Å²) in [4.78, 5) is 0. The molecule has 0 bridgehead atoms. The van der Waals surface area contributed by atoms with Crippen LogP contribution in [0.1, 0.15) is 19.8 Å². The SMILES string of the molecule is CCCC=COC1COC1. The van der Waals surface area contributed by atoms with Crippen LogP contribution in [0.5, 0.6) is 0 Å². The number of hydrogen-bond donors (Lipinski definition) is 0. The molecule has 1 rings (SSSR count). The molecule has 0 aromatic carbocycles. The van der Waals surface area contributed by atoms with Crippen LogP contribution < -0.4 is 0 Å². The molecule has 10 heavy (non-hydrogen) atoms. The van der Waals surface area contributed by atoms with Crippen molar-refractivity contribution in [3.63, 3.8) is 0 Å². The molecule has 0 aliphatic carbocycles. The van der Waals surface area contributed by atoms with Crippen molar-refractivity contribution in [2.75, 3.05) is 13.2 Å². The van der Waals surface area contributed by atoms with E-state index in [4.69, 9.17) is 9.47 Å². The molecule has 1 heterocycles. The zero-order valence-electron chi connectivity index (χ0n) is 6.38. The van der Waals surface area contributed by atoms with Crippen LogP contribution in [0.3, 0.4) is 0 Å². The van der Waals surface area contributed by atoms with Gasteiger partial charge in [-0.1, -0.05) is 13.3 Å². The average Bonchev–Trinajstić information content (AvgIpc) is 1.84. The van der Waals surface area contributed by atoms with Gasteiger partial charge in [-0.05, 0) is 12.5 Å². The Bertz CT molecular complexity index is 106. The third-order valence-corrected chi connectivity index (χ3v) is 1.43. The summed E-state index contributed by atoms with van der Waals surface area (Å²) in [7, 11) is 0. The molecule has 0 N–H and O–H groups in total. The lowest BCUT2D eigenvalue weighted by atomic mass is 10.3. The van der Waals surface area contributed by atoms with Gasteiger partial charge < -0.3 is 9.47 Å². The van der Waals surface area contributed by atoms with E-state index in [2.05, 4.69) is 13.0 Å². The Hall–Kier alpha value is -0.500. The molecule has 58 valence electrons. The highest BCUT2D eigenvalue weighted by molar-refractivity contribution is 4.76. The largest absolute Gasteiger partial charge is 0.494 e. The lowest BCUT2D eigenvalue weighted by molar-refractivity contribution is -0.0994. The molecule has 0 radical (unpaired) electrons. The molecule has 1 fully saturated rings. The van der Waals surface area contributed by atoms with Gasteiger partial charge in [-0.2, -0.15) is 0 Å². The molecule has 1 aliphatic rings. The smallest absolute Gasteiger partial charge is 0.144 e. The first-order valence-corrected chi connectivity index (χ1v) is 3.81. The maximum Gasteiger partial charge on any atom is 0.144 e. The van der Waals surface area contributed by atoms with E-state index in [9.17, 15) is 0 Å². The Morgan fingerprint density at radius 2 is 2.40 bits per heavy atom. The summed E-state index contributed by atoms with van der Waals surface area (Å²) in [5.41, 5.74) is 0. The van der Waals surface area contributed by atoms with Gasteiger partial charge in [0, 0.05) is 0 Å². The van der Waals surface area contributed by atoms with Crippen LogP contribution in [0.25, 0.3) is 0 Å². The highest BCUT2D eigenvalue weighted by Crippen LogP contribution is 2.05. The molecule has 1 saturated heterocycles. The fourth-order valence-electron chi connectivity index (χ4n) is 0.694. The summed E-state index contributed by atoms with van der Waals surface area (Å²) in [6.45, 7) is 3.67. The summed E-state index contributed by atoms with van der Waals surface area (Å²) < 4.78 is 10.2. The molecular weight excluding hydrogens is 128 g/mol. The standard InChI is InChI=1S/C8H14O2/c1-2-3-4-5-10-8-6-9-7-8/h4-5,8H,2-3,6-7H2,1H3. The van der Waals surface area contributed by atoms with Gasteiger partial charge in [-0.25, -0.2) is 0 Å². The molecule has 2 heteroatoms. The fourth-order valence-corrected chi connectivity index (χ4v) is 0.694. The van der Waals surface area contributed by atoms with Crippen LogP contribution >= 0.6 is 0 Å². The van der Waals surface area contributed by atoms with Crippen molar-refractivity contribution in [1.29, 1.82) is 0 Å². The lowest BCUT2D eigenvalue weighted by Gasteiger charge is -2.24. The number of rotatable bonds is 4. The third-order valence-electron chi connectivity index (χ3n) is 1.43. The molecule has 0 aromatic heterocycles. The molecule has 0 unspecified atom stereocenters. The van der Waals surface area contributed by atoms with Crippen molar-refractivity contribution >= 4 is 0 Å². The normalized spacial score (nSPS) is 19.3. The van der Waals surface area contributed by atoms with Gasteiger partial charge in [0.25, 0.3) is 0 Å². The number of unbranched alkanes of at least 4 members (excludes halogenated alkanes) is 1. The molecule has 0 spiro atoms. The van der Waals surface area contributed by atoms with Gasteiger partial charge >= 0.3 is 0 Å². The molecule has 2 nitrogen and oxygen atoms in total. The van der Waals surface area contributed by atoms with Crippen LogP contribution in [0.2, 0.25) is 0 Å². The second kappa shape index (κ2) is 4.34. The zero-order chi connectivity index (χ0) is 7.23. The Labute approximate surface area is 61.8 Å². The summed E-state index contributed by atoms with van der Waals surface area (Å²) >= 11 is 0. The quantitative estimate of drug-likeness (QED) is 0.556. The third kappa shape index (κ3) is 2.40. The van der Waals surface area contributed by atoms with Crippen LogP contribution in [-0.4, -0.2) is 19.3 Å². The zero-order valence-corrected chi connectivity index (χ0v) is 6.38. The van der Waals surface area contributed by atoms with Crippen molar-refractivity contribution in [1.82, 2.24) is 0 Å². The summed E-state index contributed by atoms with van der Waals surface area (Å²) in [5.74, 6) is 0. The predicted octanol–water partition coefficient (Wildman–Crippen LogP) is 1.72. The Morgan fingerprint density at radius 1 is 1.60 bits per heavy atom. The first kappa shape index (κ1) is 7.61. The summed E-state index contributed by atoms with van der Waals surface area (Å²) in [6, 6.07) is 0. The van der Waals surface area contributed by atoms with E-state index in [0.717, 1.165) is 19.6 Å². The van der Waals surface area contributed by atoms with Gasteiger partial charge in [-0.15, -0.1) is 0 Å². The molecule has 0 saturated carbocycles. The highest BCUT2D eigenvalue weighted by atomic mass is 16.6. The minimum atomic E-state index is 0.327. The first-order valence-electron chi connectivity index (χ1n) is 3.81. The highest BCUT2D eigenvalue weighted by Gasteiger charge is 2.17. The maximum atomic E-state index is 5.27. The van der Waals surface area contributed by atoms with Gasteiger partial charge in [0.05, 0.1) is 19.5 Å². The molecule has 0 atom stereocenters. The Balaban J connectivity index is 1.92. The number of ether oxygens (including phenoxy) is 2. The van der Waals surface area contributed by atoms with E-state index in [0.29, 0.717) is 6.10 Å². The van der Waals surface area contributed by atoms with E-state index in [1.54, 1.807) is 6.26 Å². The van der Waals surface area contributed by atoms with Gasteiger partial charge in [0.1, 0.15) is 6.10 Å². The second-order valence-electron chi connectivity index (χ2n) is 2.46. The first-order chi connectivity index (χ1) is 4.93. The topological polar surface area (TPSA) is 18.5 Å². The molecule has 0 amide bonds. The van der Waals surface area contributed by atoms with E-state index in [1.165, 1.54) is 6.42 Å². The predicted molar refractivity (Wildman–Crippen MR) is 39.7 cm³/mol. The number of hydrogen-bond acceptors (Lipinski definition) is 2. The van der Waals surface area contributed by atoms with Gasteiger partial charge in [0.15, 0.2) is 0 Å². The maximum absolute atomic E-state index is 5.27. The van der Waals surface area contributed by atoms with Crippen molar-refractivity contribution in [2.45, 2.75) is 25.9 Å². The van der Waals surface area contributed by atoms with Crippen LogP contribution in [0.15, 0.2) is 12.3 Å². The van der Waals surface area contributed by atoms with E-state index in [-0.39, 0.29) is 0 Å². The molecular formula is C8H14O2. The molecule has 1 aliphatic heterocycles. The van der Waals surface area contributed by atoms with E-state index < -0.39 is 0 Å². The lowest BCUT2D eigenvalue weighted by Crippen LogP contribution is -2.34. The minimum absolute atomic E-state index is 0.327. The minimum Gasteiger partial charge on any atom is -0.494 e.